The van der Waals surface area contributed by atoms with E-state index < -0.39 is 6.09 Å². The predicted molar refractivity (Wildman–Crippen MR) is 83.2 cm³/mol. The van der Waals surface area contributed by atoms with Crippen LogP contribution in [0.2, 0.25) is 0 Å². The summed E-state index contributed by atoms with van der Waals surface area (Å²) in [7, 11) is 0. The van der Waals surface area contributed by atoms with Gasteiger partial charge in [0.15, 0.2) is 0 Å². The number of rotatable bonds is 3. The number of nitrogens with zero attached hydrogens (tertiary/aromatic N) is 3. The average molecular weight is 335 g/mol. The lowest BCUT2D eigenvalue weighted by atomic mass is 10.2. The van der Waals surface area contributed by atoms with Gasteiger partial charge in [-0.3, -0.25) is 4.79 Å². The molecule has 0 radical (unpaired) electrons. The van der Waals surface area contributed by atoms with Crippen LogP contribution < -0.4 is 0 Å². The van der Waals surface area contributed by atoms with E-state index in [1.165, 1.54) is 28.6 Å². The first-order valence-corrected chi connectivity index (χ1v) is 8.89. The fourth-order valence-electron chi connectivity index (χ4n) is 2.84. The lowest BCUT2D eigenvalue weighted by molar-refractivity contribution is -0.125. The van der Waals surface area contributed by atoms with E-state index in [0.29, 0.717) is 6.54 Å². The van der Waals surface area contributed by atoms with Crippen LogP contribution in [0, 0.1) is 0 Å². The molecule has 2 aromatic rings. The number of aromatic nitrogens is 2. The maximum Gasteiger partial charge on any atom is 0.416 e. The maximum absolute atomic E-state index is 12.1. The number of aryl methyl sites for hydroxylation is 2. The van der Waals surface area contributed by atoms with Crippen LogP contribution in [0.4, 0.5) is 4.79 Å². The Hall–Kier alpha value is -1.67. The van der Waals surface area contributed by atoms with Gasteiger partial charge in [-0.15, -0.1) is 11.3 Å². The number of ether oxygens (including phenoxy) is 1. The second-order valence-corrected chi connectivity index (χ2v) is 7.21. The summed E-state index contributed by atoms with van der Waals surface area (Å²) in [4.78, 5) is 35.7. The quantitative estimate of drug-likeness (QED) is 0.633. The van der Waals surface area contributed by atoms with E-state index in [2.05, 4.69) is 9.97 Å². The number of amides is 2. The number of imide groups is 1. The monoisotopic (exact) mass is 335 g/mol. The molecule has 1 aliphatic heterocycles. The number of cyclic esters (lactones) is 1. The molecule has 0 saturated carbocycles. The molecular weight excluding hydrogens is 322 g/mol. The molecule has 1 saturated heterocycles. The van der Waals surface area contributed by atoms with Crippen LogP contribution in [0.15, 0.2) is 11.4 Å². The van der Waals surface area contributed by atoms with Crippen molar-refractivity contribution in [1.82, 2.24) is 14.9 Å². The van der Waals surface area contributed by atoms with Gasteiger partial charge < -0.3 is 4.74 Å². The molecule has 0 spiro atoms. The lowest BCUT2D eigenvalue weighted by Gasteiger charge is -2.10. The highest BCUT2D eigenvalue weighted by Crippen LogP contribution is 2.40. The molecule has 4 rings (SSSR count). The first-order chi connectivity index (χ1) is 10.7. The summed E-state index contributed by atoms with van der Waals surface area (Å²) in [5, 5.41) is 1.94. The number of thioether (sulfide) groups is 1. The zero-order chi connectivity index (χ0) is 15.1. The van der Waals surface area contributed by atoms with Crippen molar-refractivity contribution in [2.75, 3.05) is 18.9 Å². The first kappa shape index (κ1) is 14.0. The van der Waals surface area contributed by atoms with Crippen LogP contribution in [-0.4, -0.2) is 45.8 Å². The fourth-order valence-corrected chi connectivity index (χ4v) is 5.03. The van der Waals surface area contributed by atoms with Gasteiger partial charge in [0, 0.05) is 10.3 Å². The third-order valence-corrected chi connectivity index (χ3v) is 6.03. The molecule has 0 unspecified atom stereocenters. The van der Waals surface area contributed by atoms with Crippen LogP contribution >= 0.6 is 23.1 Å². The second-order valence-electron chi connectivity index (χ2n) is 5.16. The molecule has 22 heavy (non-hydrogen) atoms. The highest BCUT2D eigenvalue weighted by Gasteiger charge is 2.29. The van der Waals surface area contributed by atoms with Crippen LogP contribution in [0.3, 0.4) is 0 Å². The smallest absolute Gasteiger partial charge is 0.416 e. The van der Waals surface area contributed by atoms with Gasteiger partial charge in [-0.05, 0) is 24.8 Å². The molecule has 0 bridgehead atoms. The Morgan fingerprint density at radius 2 is 2.32 bits per heavy atom. The zero-order valence-electron chi connectivity index (χ0n) is 11.7. The van der Waals surface area contributed by atoms with Crippen molar-refractivity contribution in [2.24, 2.45) is 0 Å². The number of carbonyl (C=O) groups is 2. The summed E-state index contributed by atoms with van der Waals surface area (Å²) in [6.45, 7) is 0.621. The second kappa shape index (κ2) is 5.51. The highest BCUT2D eigenvalue weighted by atomic mass is 32.2. The molecule has 0 aromatic carbocycles. The predicted octanol–water partition coefficient (Wildman–Crippen LogP) is 2.25. The summed E-state index contributed by atoms with van der Waals surface area (Å²) in [5.41, 5.74) is 1.34. The number of thiophene rings is 1. The standard InChI is InChI=1S/C14H13N3O3S2/c18-10(17-4-5-20-14(17)19)6-21-12-11-8-2-1-3-9(8)22-13(11)16-7-15-12/h7H,1-6H2. The first-order valence-electron chi connectivity index (χ1n) is 7.09. The Bertz CT molecular complexity index is 774. The van der Waals surface area contributed by atoms with Gasteiger partial charge in [-0.25, -0.2) is 19.7 Å². The Labute approximate surface area is 134 Å². The molecule has 0 atom stereocenters. The average Bonchev–Trinajstić information content (AvgIpc) is 3.19. The van der Waals surface area contributed by atoms with Gasteiger partial charge in [0.2, 0.25) is 5.91 Å². The van der Waals surface area contributed by atoms with Crippen molar-refractivity contribution in [3.05, 3.63) is 16.8 Å². The molecule has 3 heterocycles. The van der Waals surface area contributed by atoms with Crippen LogP contribution in [-0.2, 0) is 22.4 Å². The van der Waals surface area contributed by atoms with Gasteiger partial charge >= 0.3 is 6.09 Å². The zero-order valence-corrected chi connectivity index (χ0v) is 13.3. The van der Waals surface area contributed by atoms with E-state index in [4.69, 9.17) is 4.74 Å². The minimum atomic E-state index is -0.546. The molecule has 6 nitrogen and oxygen atoms in total. The number of hydrogen-bond donors (Lipinski definition) is 0. The van der Waals surface area contributed by atoms with E-state index in [9.17, 15) is 9.59 Å². The molecule has 2 aromatic heterocycles. The normalized spacial score (nSPS) is 17.1. The number of carbonyl (C=O) groups excluding carboxylic acids is 2. The summed E-state index contributed by atoms with van der Waals surface area (Å²) in [6.07, 6.45) is 4.34. The number of hydrogen-bond acceptors (Lipinski definition) is 7. The van der Waals surface area contributed by atoms with Crippen LogP contribution in [0.25, 0.3) is 10.2 Å². The molecule has 8 heteroatoms. The molecular formula is C14H13N3O3S2. The Morgan fingerprint density at radius 1 is 1.41 bits per heavy atom. The minimum Gasteiger partial charge on any atom is -0.447 e. The summed E-state index contributed by atoms with van der Waals surface area (Å²) in [6, 6.07) is 0. The van der Waals surface area contributed by atoms with Gasteiger partial charge in [-0.1, -0.05) is 11.8 Å². The van der Waals surface area contributed by atoms with Crippen molar-refractivity contribution in [1.29, 1.82) is 0 Å². The summed E-state index contributed by atoms with van der Waals surface area (Å²) < 4.78 is 4.79. The van der Waals surface area contributed by atoms with E-state index in [0.717, 1.165) is 33.0 Å². The van der Waals surface area contributed by atoms with Gasteiger partial charge in [-0.2, -0.15) is 0 Å². The van der Waals surface area contributed by atoms with E-state index in [-0.39, 0.29) is 18.3 Å². The van der Waals surface area contributed by atoms with Gasteiger partial charge in [0.25, 0.3) is 0 Å². The van der Waals surface area contributed by atoms with Crippen LogP contribution in [0.5, 0.6) is 0 Å². The number of fused-ring (bicyclic) bond motifs is 3. The minimum absolute atomic E-state index is 0.186. The van der Waals surface area contributed by atoms with Crippen molar-refractivity contribution in [3.63, 3.8) is 0 Å². The highest BCUT2D eigenvalue weighted by molar-refractivity contribution is 8.00. The van der Waals surface area contributed by atoms with Gasteiger partial charge in [0.1, 0.15) is 22.8 Å². The molecule has 0 N–H and O–H groups in total. The van der Waals surface area contributed by atoms with Crippen molar-refractivity contribution < 1.29 is 14.3 Å². The van der Waals surface area contributed by atoms with E-state index >= 15 is 0 Å². The molecule has 1 aliphatic carbocycles. The van der Waals surface area contributed by atoms with Crippen molar-refractivity contribution in [2.45, 2.75) is 24.3 Å². The lowest BCUT2D eigenvalue weighted by Crippen LogP contribution is -2.33. The molecule has 1 fully saturated rings. The van der Waals surface area contributed by atoms with Crippen molar-refractivity contribution in [3.8, 4) is 0 Å². The van der Waals surface area contributed by atoms with Gasteiger partial charge in [0.05, 0.1) is 12.3 Å². The fraction of sp³-hybridized carbons (Fsp3) is 0.429. The maximum atomic E-state index is 12.1. The molecule has 114 valence electrons. The topological polar surface area (TPSA) is 72.4 Å². The third kappa shape index (κ3) is 2.26. The largest absolute Gasteiger partial charge is 0.447 e. The van der Waals surface area contributed by atoms with Crippen molar-refractivity contribution >= 4 is 45.3 Å². The summed E-state index contributed by atoms with van der Waals surface area (Å²) in [5.74, 6) is -0.0441. The van der Waals surface area contributed by atoms with E-state index in [1.54, 1.807) is 17.7 Å². The molecule has 2 aliphatic rings. The Balaban J connectivity index is 1.57. The van der Waals surface area contributed by atoms with E-state index in [1.807, 2.05) is 0 Å². The third-order valence-electron chi connectivity index (χ3n) is 3.86. The summed E-state index contributed by atoms with van der Waals surface area (Å²) >= 11 is 3.10. The SMILES string of the molecule is O=C(CSc1ncnc2sc3c(c12)CCC3)N1CCOC1=O. The molecule has 2 amide bonds. The Kier molecular flexibility index (Phi) is 3.50. The Morgan fingerprint density at radius 3 is 3.14 bits per heavy atom. The van der Waals surface area contributed by atoms with Crippen LogP contribution in [0.1, 0.15) is 16.9 Å².